The lowest BCUT2D eigenvalue weighted by molar-refractivity contribution is 1.29. The van der Waals surface area contributed by atoms with Gasteiger partial charge in [0.05, 0.1) is 0 Å². The van der Waals surface area contributed by atoms with Gasteiger partial charge in [0.2, 0.25) is 0 Å². The first kappa shape index (κ1) is 32.0. The van der Waals surface area contributed by atoms with E-state index in [4.69, 9.17) is 0 Å². The van der Waals surface area contributed by atoms with Gasteiger partial charge < -0.3 is 4.90 Å². The molecule has 1 nitrogen and oxygen atoms in total. The zero-order chi connectivity index (χ0) is 36.3. The zero-order valence-corrected chi connectivity index (χ0v) is 31.4. The average molecular weight is 736 g/mol. The van der Waals surface area contributed by atoms with Crippen LogP contribution < -0.4 is 4.90 Å². The van der Waals surface area contributed by atoms with Crippen molar-refractivity contribution in [2.24, 2.45) is 0 Å². The molecule has 2 aromatic heterocycles. The van der Waals surface area contributed by atoms with Crippen molar-refractivity contribution in [3.8, 4) is 33.4 Å². The van der Waals surface area contributed by atoms with E-state index < -0.39 is 0 Å². The van der Waals surface area contributed by atoms with Gasteiger partial charge in [0.25, 0.3) is 0 Å². The monoisotopic (exact) mass is 735 g/mol. The van der Waals surface area contributed by atoms with Crippen molar-refractivity contribution < 1.29 is 0 Å². The second-order valence-electron chi connectivity index (χ2n) is 14.1. The van der Waals surface area contributed by atoms with E-state index in [2.05, 4.69) is 205 Å². The van der Waals surface area contributed by atoms with Gasteiger partial charge in [-0.05, 0) is 111 Å². The Morgan fingerprint density at radius 2 is 0.909 bits per heavy atom. The summed E-state index contributed by atoms with van der Waals surface area (Å²) in [6, 6.07) is 73.6. The lowest BCUT2D eigenvalue weighted by Crippen LogP contribution is -2.10. The Kier molecular flexibility index (Phi) is 7.61. The fraction of sp³-hybridized carbons (Fsp3) is 0. The van der Waals surface area contributed by atoms with Crippen LogP contribution in [0.4, 0.5) is 17.1 Å². The highest BCUT2D eigenvalue weighted by molar-refractivity contribution is 7.26. The van der Waals surface area contributed by atoms with Crippen molar-refractivity contribution in [2.75, 3.05) is 4.90 Å². The summed E-state index contributed by atoms with van der Waals surface area (Å²) < 4.78 is 5.24. The quantitative estimate of drug-likeness (QED) is 0.164. The molecule has 0 spiro atoms. The molecule has 0 atom stereocenters. The average Bonchev–Trinajstić information content (AvgIpc) is 3.82. The van der Waals surface area contributed by atoms with Crippen molar-refractivity contribution in [1.29, 1.82) is 0 Å². The summed E-state index contributed by atoms with van der Waals surface area (Å²) in [5.74, 6) is 0. The van der Waals surface area contributed by atoms with Crippen LogP contribution in [0.1, 0.15) is 0 Å². The SMILES string of the molecule is c1ccc(-c2cc(-c3cccc4c3sc3ccccc34)cc(N(c3ccc(-c4ccc5ccccc5c4)cc3)c3ccc4sc5ccccc5c4c3)c2)cc1. The number of rotatable bonds is 6. The molecule has 0 amide bonds. The molecule has 0 saturated heterocycles. The number of hydrogen-bond donors (Lipinski definition) is 0. The summed E-state index contributed by atoms with van der Waals surface area (Å²) in [5, 5.41) is 7.71. The zero-order valence-electron chi connectivity index (χ0n) is 29.8. The minimum absolute atomic E-state index is 1.11. The molecule has 0 aliphatic heterocycles. The Morgan fingerprint density at radius 3 is 1.75 bits per heavy atom. The van der Waals surface area contributed by atoms with Gasteiger partial charge in [-0.1, -0.05) is 133 Å². The molecule has 2 heterocycles. The molecule has 0 fully saturated rings. The first-order valence-corrected chi connectivity index (χ1v) is 20.3. The Morgan fingerprint density at radius 1 is 0.291 bits per heavy atom. The maximum Gasteiger partial charge on any atom is 0.0473 e. The van der Waals surface area contributed by atoms with E-state index in [1.165, 1.54) is 84.5 Å². The van der Waals surface area contributed by atoms with Gasteiger partial charge >= 0.3 is 0 Å². The predicted octanol–water partition coefficient (Wildman–Crippen LogP) is 16.0. The number of thiophene rings is 2. The Labute approximate surface area is 327 Å². The normalized spacial score (nSPS) is 11.6. The van der Waals surface area contributed by atoms with Crippen molar-refractivity contribution in [2.45, 2.75) is 0 Å². The molecule has 0 aliphatic carbocycles. The van der Waals surface area contributed by atoms with Gasteiger partial charge in [-0.25, -0.2) is 0 Å². The summed E-state index contributed by atoms with van der Waals surface area (Å²) in [6.45, 7) is 0. The van der Waals surface area contributed by atoms with Gasteiger partial charge in [0.15, 0.2) is 0 Å². The summed E-state index contributed by atoms with van der Waals surface area (Å²) in [6.07, 6.45) is 0. The van der Waals surface area contributed by atoms with Gasteiger partial charge in [-0.2, -0.15) is 0 Å². The smallest absolute Gasteiger partial charge is 0.0473 e. The standard InChI is InChI=1S/C52H33NS2/c1-2-11-34(12-3-1)39-30-40(44-17-10-18-47-45-15-6-9-20-50(45)55-52(44)47)32-43(31-39)53(42-27-28-51-48(33-42)46-16-7-8-19-49(46)54-51)41-25-23-36(24-26-41)38-22-21-35-13-4-5-14-37(35)29-38/h1-33H. The van der Waals surface area contributed by atoms with Crippen LogP contribution >= 0.6 is 22.7 Å². The number of hydrogen-bond acceptors (Lipinski definition) is 3. The minimum Gasteiger partial charge on any atom is -0.310 e. The Hall–Kier alpha value is -6.52. The molecule has 3 heteroatoms. The third kappa shape index (κ3) is 5.60. The Balaban J connectivity index is 1.13. The number of benzene rings is 9. The van der Waals surface area contributed by atoms with Crippen LogP contribution in [0.5, 0.6) is 0 Å². The number of fused-ring (bicyclic) bond motifs is 7. The first-order valence-electron chi connectivity index (χ1n) is 18.7. The first-order chi connectivity index (χ1) is 27.2. The molecule has 0 aliphatic rings. The summed E-state index contributed by atoms with van der Waals surface area (Å²) in [5.41, 5.74) is 10.6. The molecular weight excluding hydrogens is 703 g/mol. The molecule has 258 valence electrons. The van der Waals surface area contributed by atoms with Crippen LogP contribution in [0, 0.1) is 0 Å². The number of nitrogens with zero attached hydrogens (tertiary/aromatic N) is 1. The molecule has 11 rings (SSSR count). The highest BCUT2D eigenvalue weighted by Crippen LogP contribution is 2.46. The van der Waals surface area contributed by atoms with Gasteiger partial charge in [0.1, 0.15) is 0 Å². The minimum atomic E-state index is 1.11. The fourth-order valence-electron chi connectivity index (χ4n) is 8.14. The van der Waals surface area contributed by atoms with E-state index in [1.54, 1.807) is 0 Å². The third-order valence-corrected chi connectivity index (χ3v) is 13.2. The molecule has 0 saturated carbocycles. The van der Waals surface area contributed by atoms with Crippen LogP contribution in [0.2, 0.25) is 0 Å². The van der Waals surface area contributed by atoms with Crippen molar-refractivity contribution in [1.82, 2.24) is 0 Å². The van der Waals surface area contributed by atoms with Gasteiger partial charge in [-0.3, -0.25) is 0 Å². The van der Waals surface area contributed by atoms with Crippen molar-refractivity contribution >= 4 is 90.9 Å². The number of anilines is 3. The van der Waals surface area contributed by atoms with Crippen LogP contribution in [-0.2, 0) is 0 Å². The van der Waals surface area contributed by atoms with E-state index in [0.717, 1.165) is 17.1 Å². The van der Waals surface area contributed by atoms with Crippen molar-refractivity contribution in [3.63, 3.8) is 0 Å². The second kappa shape index (κ2) is 13.1. The molecule has 55 heavy (non-hydrogen) atoms. The second-order valence-corrected chi connectivity index (χ2v) is 16.3. The molecule has 0 bridgehead atoms. The van der Waals surface area contributed by atoms with Crippen molar-refractivity contribution in [3.05, 3.63) is 200 Å². The van der Waals surface area contributed by atoms with Gasteiger partial charge in [0, 0.05) is 57.4 Å². The summed E-state index contributed by atoms with van der Waals surface area (Å²) >= 11 is 3.74. The van der Waals surface area contributed by atoms with E-state index in [1.807, 2.05) is 22.7 Å². The molecule has 11 aromatic rings. The maximum atomic E-state index is 2.44. The topological polar surface area (TPSA) is 3.24 Å². The largest absolute Gasteiger partial charge is 0.310 e. The van der Waals surface area contributed by atoms with Crippen LogP contribution in [0.25, 0.3) is 84.5 Å². The van der Waals surface area contributed by atoms with E-state index in [9.17, 15) is 0 Å². The molecule has 0 unspecified atom stereocenters. The molecule has 9 aromatic carbocycles. The fourth-order valence-corrected chi connectivity index (χ4v) is 10.5. The molecule has 0 radical (unpaired) electrons. The molecular formula is C52H33NS2. The van der Waals surface area contributed by atoms with E-state index >= 15 is 0 Å². The summed E-state index contributed by atoms with van der Waals surface area (Å²) in [4.78, 5) is 2.44. The van der Waals surface area contributed by atoms with E-state index in [0.29, 0.717) is 0 Å². The lowest BCUT2D eigenvalue weighted by atomic mass is 9.96. The Bertz CT molecular complexity index is 3210. The van der Waals surface area contributed by atoms with Crippen LogP contribution in [0.15, 0.2) is 200 Å². The molecule has 0 N–H and O–H groups in total. The van der Waals surface area contributed by atoms with Crippen LogP contribution in [-0.4, -0.2) is 0 Å². The maximum absolute atomic E-state index is 2.44. The predicted molar refractivity (Wildman–Crippen MR) is 241 cm³/mol. The van der Waals surface area contributed by atoms with Crippen LogP contribution in [0.3, 0.4) is 0 Å². The van der Waals surface area contributed by atoms with Gasteiger partial charge in [-0.15, -0.1) is 22.7 Å². The highest BCUT2D eigenvalue weighted by atomic mass is 32.1. The lowest BCUT2D eigenvalue weighted by Gasteiger charge is -2.27. The third-order valence-electron chi connectivity index (χ3n) is 10.8. The van der Waals surface area contributed by atoms with E-state index in [-0.39, 0.29) is 0 Å². The summed E-state index contributed by atoms with van der Waals surface area (Å²) in [7, 11) is 0. The highest BCUT2D eigenvalue weighted by Gasteiger charge is 2.19.